The van der Waals surface area contributed by atoms with Crippen LogP contribution in [0.15, 0.2) is 48.5 Å². The predicted octanol–water partition coefficient (Wildman–Crippen LogP) is 3.43. The molecule has 1 saturated heterocycles. The molecule has 0 aliphatic carbocycles. The quantitative estimate of drug-likeness (QED) is 0.806. The minimum absolute atomic E-state index is 0.000754. The zero-order valence-electron chi connectivity index (χ0n) is 16.6. The molecular weight excluding hydrogens is 352 g/mol. The van der Waals surface area contributed by atoms with Crippen molar-refractivity contribution < 1.29 is 9.59 Å². The second kappa shape index (κ2) is 9.37. The number of carbonyl (C=O) groups excluding carboxylic acids is 2. The molecule has 3 rings (SSSR count). The van der Waals surface area contributed by atoms with Gasteiger partial charge in [0.1, 0.15) is 0 Å². The fourth-order valence-corrected chi connectivity index (χ4v) is 3.29. The summed E-state index contributed by atoms with van der Waals surface area (Å²) in [5.74, 6) is -0.162. The predicted molar refractivity (Wildman–Crippen MR) is 114 cm³/mol. The van der Waals surface area contributed by atoms with Crippen molar-refractivity contribution in [2.45, 2.75) is 19.3 Å². The van der Waals surface area contributed by atoms with E-state index in [1.807, 2.05) is 37.2 Å². The lowest BCUT2D eigenvalue weighted by molar-refractivity contribution is -0.117. The smallest absolute Gasteiger partial charge is 0.255 e. The lowest BCUT2D eigenvalue weighted by Gasteiger charge is -2.25. The second-order valence-corrected chi connectivity index (χ2v) is 7.36. The fraction of sp³-hybridized carbons (Fsp3) is 0.364. The number of nitrogens with zero attached hydrogens (tertiary/aromatic N) is 2. The van der Waals surface area contributed by atoms with Gasteiger partial charge in [-0.05, 0) is 68.4 Å². The third-order valence-corrected chi connectivity index (χ3v) is 4.87. The Morgan fingerprint density at radius 3 is 2.21 bits per heavy atom. The Kier molecular flexibility index (Phi) is 6.66. The highest BCUT2D eigenvalue weighted by molar-refractivity contribution is 6.05. The van der Waals surface area contributed by atoms with Gasteiger partial charge in [0, 0.05) is 36.7 Å². The van der Waals surface area contributed by atoms with Gasteiger partial charge in [-0.3, -0.25) is 14.5 Å². The van der Waals surface area contributed by atoms with Crippen molar-refractivity contribution in [3.8, 4) is 0 Å². The van der Waals surface area contributed by atoms with Gasteiger partial charge in [0.15, 0.2) is 0 Å². The largest absolute Gasteiger partial charge is 0.378 e. The van der Waals surface area contributed by atoms with Crippen LogP contribution in [0.5, 0.6) is 0 Å². The van der Waals surface area contributed by atoms with Crippen LogP contribution < -0.4 is 15.5 Å². The molecule has 0 radical (unpaired) electrons. The van der Waals surface area contributed by atoms with Crippen molar-refractivity contribution in [1.82, 2.24) is 4.90 Å². The third kappa shape index (κ3) is 5.57. The molecule has 0 unspecified atom stereocenters. The molecule has 148 valence electrons. The Bertz CT molecular complexity index is 812. The van der Waals surface area contributed by atoms with Crippen molar-refractivity contribution in [1.29, 1.82) is 0 Å². The molecular formula is C22H28N4O2. The van der Waals surface area contributed by atoms with Crippen LogP contribution in [0.1, 0.15) is 29.6 Å². The monoisotopic (exact) mass is 380 g/mol. The van der Waals surface area contributed by atoms with Crippen molar-refractivity contribution in [2.75, 3.05) is 49.3 Å². The topological polar surface area (TPSA) is 64.7 Å². The summed E-state index contributed by atoms with van der Waals surface area (Å²) >= 11 is 0. The number of carbonyl (C=O) groups is 2. The van der Waals surface area contributed by atoms with Crippen LogP contribution in [0.2, 0.25) is 0 Å². The molecule has 2 amide bonds. The number of hydrogen-bond donors (Lipinski definition) is 2. The molecule has 0 atom stereocenters. The SMILES string of the molecule is CN(C)c1cccc(C(=O)Nc2ccc(NC(=O)CN3CCCCC3)cc2)c1. The Balaban J connectivity index is 1.54. The molecule has 0 spiro atoms. The van der Waals surface area contributed by atoms with E-state index in [1.165, 1.54) is 19.3 Å². The molecule has 2 aromatic carbocycles. The number of rotatable bonds is 6. The first-order valence-electron chi connectivity index (χ1n) is 9.72. The Labute approximate surface area is 166 Å². The van der Waals surface area contributed by atoms with E-state index in [0.29, 0.717) is 17.8 Å². The maximum atomic E-state index is 12.5. The molecule has 1 fully saturated rings. The van der Waals surface area contributed by atoms with Gasteiger partial charge < -0.3 is 15.5 Å². The third-order valence-electron chi connectivity index (χ3n) is 4.87. The van der Waals surface area contributed by atoms with Gasteiger partial charge in [0.05, 0.1) is 6.54 Å². The standard InChI is InChI=1S/C22H28N4O2/c1-25(2)20-8-6-7-17(15-20)22(28)24-19-11-9-18(10-12-19)23-21(27)16-26-13-4-3-5-14-26/h6-12,15H,3-5,13-14,16H2,1-2H3,(H,23,27)(H,24,28). The van der Waals surface area contributed by atoms with E-state index in [0.717, 1.165) is 24.5 Å². The first kappa shape index (κ1) is 19.9. The van der Waals surface area contributed by atoms with Crippen LogP contribution >= 0.6 is 0 Å². The van der Waals surface area contributed by atoms with Crippen LogP contribution in [-0.4, -0.2) is 50.4 Å². The van der Waals surface area contributed by atoms with Crippen LogP contribution in [0.3, 0.4) is 0 Å². The van der Waals surface area contributed by atoms with Crippen molar-refractivity contribution in [2.24, 2.45) is 0 Å². The van der Waals surface area contributed by atoms with E-state index < -0.39 is 0 Å². The highest BCUT2D eigenvalue weighted by Gasteiger charge is 2.14. The van der Waals surface area contributed by atoms with Gasteiger partial charge in [-0.25, -0.2) is 0 Å². The zero-order chi connectivity index (χ0) is 19.9. The van der Waals surface area contributed by atoms with Crippen molar-refractivity contribution >= 4 is 28.9 Å². The van der Waals surface area contributed by atoms with E-state index in [-0.39, 0.29) is 11.8 Å². The number of benzene rings is 2. The minimum atomic E-state index is -0.161. The first-order chi connectivity index (χ1) is 13.5. The molecule has 28 heavy (non-hydrogen) atoms. The molecule has 1 aliphatic rings. The fourth-order valence-electron chi connectivity index (χ4n) is 3.29. The molecule has 0 aromatic heterocycles. The summed E-state index contributed by atoms with van der Waals surface area (Å²) in [6, 6.07) is 14.7. The normalized spacial score (nSPS) is 14.4. The van der Waals surface area contributed by atoms with Crippen LogP contribution in [0.4, 0.5) is 17.1 Å². The number of anilines is 3. The lowest BCUT2D eigenvalue weighted by Crippen LogP contribution is -2.36. The second-order valence-electron chi connectivity index (χ2n) is 7.36. The molecule has 1 aliphatic heterocycles. The Morgan fingerprint density at radius 1 is 0.929 bits per heavy atom. The average molecular weight is 380 g/mol. The summed E-state index contributed by atoms with van der Waals surface area (Å²) in [5, 5.41) is 5.81. The summed E-state index contributed by atoms with van der Waals surface area (Å²) < 4.78 is 0. The summed E-state index contributed by atoms with van der Waals surface area (Å²) in [5.41, 5.74) is 2.99. The summed E-state index contributed by atoms with van der Waals surface area (Å²) in [6.07, 6.45) is 3.59. The van der Waals surface area contributed by atoms with E-state index in [4.69, 9.17) is 0 Å². The minimum Gasteiger partial charge on any atom is -0.378 e. The van der Waals surface area contributed by atoms with E-state index >= 15 is 0 Å². The molecule has 6 heteroatoms. The molecule has 0 bridgehead atoms. The first-order valence-corrected chi connectivity index (χ1v) is 9.72. The van der Waals surface area contributed by atoms with Gasteiger partial charge in [0.25, 0.3) is 5.91 Å². The number of hydrogen-bond acceptors (Lipinski definition) is 4. The summed E-state index contributed by atoms with van der Waals surface area (Å²) in [6.45, 7) is 2.42. The maximum Gasteiger partial charge on any atom is 0.255 e. The van der Waals surface area contributed by atoms with Gasteiger partial charge >= 0.3 is 0 Å². The zero-order valence-corrected chi connectivity index (χ0v) is 16.6. The molecule has 0 saturated carbocycles. The van der Waals surface area contributed by atoms with E-state index in [1.54, 1.807) is 30.3 Å². The highest BCUT2D eigenvalue weighted by atomic mass is 16.2. The van der Waals surface area contributed by atoms with Gasteiger partial charge in [-0.15, -0.1) is 0 Å². The van der Waals surface area contributed by atoms with Crippen molar-refractivity contribution in [3.05, 3.63) is 54.1 Å². The molecule has 2 aromatic rings. The van der Waals surface area contributed by atoms with Crippen molar-refractivity contribution in [3.63, 3.8) is 0 Å². The number of piperidine rings is 1. The number of amides is 2. The molecule has 2 N–H and O–H groups in total. The number of likely N-dealkylation sites (tertiary alicyclic amines) is 1. The molecule has 6 nitrogen and oxygen atoms in total. The van der Waals surface area contributed by atoms with Crippen LogP contribution in [-0.2, 0) is 4.79 Å². The Hall–Kier alpha value is -2.86. The average Bonchev–Trinajstić information content (AvgIpc) is 2.70. The van der Waals surface area contributed by atoms with Crippen LogP contribution in [0, 0.1) is 0 Å². The van der Waals surface area contributed by atoms with E-state index in [2.05, 4.69) is 15.5 Å². The lowest BCUT2D eigenvalue weighted by atomic mass is 10.1. The molecule has 1 heterocycles. The summed E-state index contributed by atoms with van der Waals surface area (Å²) in [4.78, 5) is 28.8. The van der Waals surface area contributed by atoms with Gasteiger partial charge in [-0.1, -0.05) is 12.5 Å². The number of nitrogens with one attached hydrogen (secondary N) is 2. The maximum absolute atomic E-state index is 12.5. The van der Waals surface area contributed by atoms with E-state index in [9.17, 15) is 9.59 Å². The highest BCUT2D eigenvalue weighted by Crippen LogP contribution is 2.17. The van der Waals surface area contributed by atoms with Gasteiger partial charge in [0.2, 0.25) is 5.91 Å². The van der Waals surface area contributed by atoms with Crippen LogP contribution in [0.25, 0.3) is 0 Å². The van der Waals surface area contributed by atoms with Gasteiger partial charge in [-0.2, -0.15) is 0 Å². The summed E-state index contributed by atoms with van der Waals surface area (Å²) in [7, 11) is 3.88. The Morgan fingerprint density at radius 2 is 1.57 bits per heavy atom.